The standard InChI is InChI=1S/C16H17N3O3/c1-2-7-18-9-11(8-17-18)15(20)19-10-13(16(21)22)12-5-3-4-6-14(12)19/h3-6,8-9,13H,2,7,10H2,1H3,(H,21,22). The number of hydrogen-bond donors (Lipinski definition) is 1. The third-order valence-corrected chi connectivity index (χ3v) is 3.84. The predicted molar refractivity (Wildman–Crippen MR) is 81.0 cm³/mol. The van der Waals surface area contributed by atoms with E-state index in [2.05, 4.69) is 5.10 Å². The molecular formula is C16H17N3O3. The van der Waals surface area contributed by atoms with Crippen molar-refractivity contribution in [2.75, 3.05) is 11.4 Å². The van der Waals surface area contributed by atoms with E-state index in [-0.39, 0.29) is 12.5 Å². The molecule has 2 heterocycles. The summed E-state index contributed by atoms with van der Waals surface area (Å²) in [6, 6.07) is 7.15. The van der Waals surface area contributed by atoms with Crippen LogP contribution in [0.3, 0.4) is 0 Å². The van der Waals surface area contributed by atoms with Crippen molar-refractivity contribution in [3.8, 4) is 0 Å². The highest BCUT2D eigenvalue weighted by Gasteiger charge is 2.36. The summed E-state index contributed by atoms with van der Waals surface area (Å²) in [4.78, 5) is 25.6. The van der Waals surface area contributed by atoms with Crippen molar-refractivity contribution in [3.63, 3.8) is 0 Å². The van der Waals surface area contributed by atoms with E-state index in [1.807, 2.05) is 13.0 Å². The van der Waals surface area contributed by atoms with Gasteiger partial charge in [-0.15, -0.1) is 0 Å². The smallest absolute Gasteiger partial charge is 0.312 e. The van der Waals surface area contributed by atoms with Gasteiger partial charge in [0.25, 0.3) is 5.91 Å². The number of aryl methyl sites for hydroxylation is 1. The number of carbonyl (C=O) groups excluding carboxylic acids is 1. The Morgan fingerprint density at radius 3 is 2.86 bits per heavy atom. The first kappa shape index (κ1) is 14.3. The number of rotatable bonds is 4. The zero-order chi connectivity index (χ0) is 15.7. The van der Waals surface area contributed by atoms with Gasteiger partial charge in [-0.2, -0.15) is 5.10 Å². The van der Waals surface area contributed by atoms with Crippen molar-refractivity contribution in [3.05, 3.63) is 47.8 Å². The minimum atomic E-state index is -0.913. The second-order valence-electron chi connectivity index (χ2n) is 5.36. The number of carbonyl (C=O) groups is 2. The van der Waals surface area contributed by atoms with Crippen LogP contribution in [-0.4, -0.2) is 33.3 Å². The fourth-order valence-electron chi connectivity index (χ4n) is 2.79. The van der Waals surface area contributed by atoms with E-state index in [4.69, 9.17) is 0 Å². The van der Waals surface area contributed by atoms with Gasteiger partial charge in [0.2, 0.25) is 0 Å². The summed E-state index contributed by atoms with van der Waals surface area (Å²) in [6.07, 6.45) is 4.18. The molecule has 6 heteroatoms. The Balaban J connectivity index is 1.91. The molecule has 22 heavy (non-hydrogen) atoms. The molecule has 1 N–H and O–H groups in total. The largest absolute Gasteiger partial charge is 0.481 e. The molecule has 1 atom stereocenters. The number of carboxylic acids is 1. The number of benzene rings is 1. The van der Waals surface area contributed by atoms with Crippen LogP contribution in [0.1, 0.15) is 35.2 Å². The molecular weight excluding hydrogens is 282 g/mol. The molecule has 1 aliphatic heterocycles. The van der Waals surface area contributed by atoms with E-state index in [1.165, 1.54) is 11.1 Å². The van der Waals surface area contributed by atoms with Gasteiger partial charge >= 0.3 is 5.97 Å². The summed E-state index contributed by atoms with van der Waals surface area (Å²) >= 11 is 0. The van der Waals surface area contributed by atoms with Crippen LogP contribution in [0.25, 0.3) is 0 Å². The average molecular weight is 299 g/mol. The second-order valence-corrected chi connectivity index (χ2v) is 5.36. The number of anilines is 1. The van der Waals surface area contributed by atoms with Crippen LogP contribution >= 0.6 is 0 Å². The summed E-state index contributed by atoms with van der Waals surface area (Å²) in [5, 5.41) is 13.5. The van der Waals surface area contributed by atoms with Crippen molar-refractivity contribution < 1.29 is 14.7 Å². The van der Waals surface area contributed by atoms with E-state index in [0.717, 1.165) is 13.0 Å². The van der Waals surface area contributed by atoms with Gasteiger partial charge in [-0.1, -0.05) is 25.1 Å². The number of aromatic nitrogens is 2. The normalized spacial score (nSPS) is 16.6. The van der Waals surface area contributed by atoms with Crippen LogP contribution < -0.4 is 4.90 Å². The summed E-state index contributed by atoms with van der Waals surface area (Å²) in [5.74, 6) is -1.80. The molecule has 114 valence electrons. The third-order valence-electron chi connectivity index (χ3n) is 3.84. The third kappa shape index (κ3) is 2.36. The molecule has 0 aliphatic carbocycles. The Morgan fingerprint density at radius 2 is 2.14 bits per heavy atom. The molecule has 2 aromatic rings. The number of fused-ring (bicyclic) bond motifs is 1. The van der Waals surface area contributed by atoms with Crippen molar-refractivity contribution >= 4 is 17.6 Å². The fraction of sp³-hybridized carbons (Fsp3) is 0.312. The molecule has 0 spiro atoms. The van der Waals surface area contributed by atoms with E-state index in [1.54, 1.807) is 29.1 Å². The fourth-order valence-corrected chi connectivity index (χ4v) is 2.79. The number of hydrogen-bond acceptors (Lipinski definition) is 3. The lowest BCUT2D eigenvalue weighted by Gasteiger charge is -2.16. The van der Waals surface area contributed by atoms with E-state index >= 15 is 0 Å². The van der Waals surface area contributed by atoms with Gasteiger partial charge in [0, 0.05) is 25.0 Å². The SMILES string of the molecule is CCCn1cc(C(=O)N2CC(C(=O)O)c3ccccc32)cn1. The molecule has 1 aromatic heterocycles. The van der Waals surface area contributed by atoms with Gasteiger partial charge in [-0.3, -0.25) is 14.3 Å². The van der Waals surface area contributed by atoms with E-state index < -0.39 is 11.9 Å². The minimum Gasteiger partial charge on any atom is -0.481 e. The molecule has 0 saturated carbocycles. The lowest BCUT2D eigenvalue weighted by atomic mass is 10.0. The molecule has 6 nitrogen and oxygen atoms in total. The first-order chi connectivity index (χ1) is 10.6. The van der Waals surface area contributed by atoms with Gasteiger partial charge in [-0.05, 0) is 18.1 Å². The first-order valence-corrected chi connectivity index (χ1v) is 7.28. The zero-order valence-corrected chi connectivity index (χ0v) is 12.3. The van der Waals surface area contributed by atoms with Crippen LogP contribution in [0.15, 0.2) is 36.7 Å². The van der Waals surface area contributed by atoms with Crippen molar-refractivity contribution in [1.29, 1.82) is 0 Å². The summed E-state index contributed by atoms with van der Waals surface area (Å²) in [7, 11) is 0. The monoisotopic (exact) mass is 299 g/mol. The molecule has 0 saturated heterocycles. The number of para-hydroxylation sites is 1. The van der Waals surface area contributed by atoms with E-state index in [9.17, 15) is 14.7 Å². The Bertz CT molecular complexity index is 723. The van der Waals surface area contributed by atoms with Crippen molar-refractivity contribution in [2.24, 2.45) is 0 Å². The minimum absolute atomic E-state index is 0.159. The first-order valence-electron chi connectivity index (χ1n) is 7.28. The van der Waals surface area contributed by atoms with Gasteiger partial charge in [0.1, 0.15) is 5.92 Å². The van der Waals surface area contributed by atoms with Crippen LogP contribution in [-0.2, 0) is 11.3 Å². The predicted octanol–water partition coefficient (Wildman–Crippen LogP) is 2.12. The number of amides is 1. The number of nitrogens with zero attached hydrogens (tertiary/aromatic N) is 3. The molecule has 1 unspecified atom stereocenters. The molecule has 0 fully saturated rings. The summed E-state index contributed by atoms with van der Waals surface area (Å²) in [5.41, 5.74) is 1.83. The van der Waals surface area contributed by atoms with Gasteiger partial charge in [0.15, 0.2) is 0 Å². The molecule has 1 aliphatic rings. The number of carboxylic acid groups (broad SMARTS) is 1. The Labute approximate surface area is 128 Å². The second kappa shape index (κ2) is 5.63. The molecule has 0 radical (unpaired) electrons. The number of aliphatic carboxylic acids is 1. The highest BCUT2D eigenvalue weighted by Crippen LogP contribution is 2.36. The van der Waals surface area contributed by atoms with Gasteiger partial charge in [0.05, 0.1) is 11.8 Å². The maximum absolute atomic E-state index is 12.7. The maximum Gasteiger partial charge on any atom is 0.312 e. The Kier molecular flexibility index (Phi) is 3.66. The summed E-state index contributed by atoms with van der Waals surface area (Å²) < 4.78 is 1.73. The van der Waals surface area contributed by atoms with Gasteiger partial charge in [-0.25, -0.2) is 0 Å². The Hall–Kier alpha value is -2.63. The van der Waals surface area contributed by atoms with Crippen LogP contribution in [0, 0.1) is 0 Å². The molecule has 1 aromatic carbocycles. The van der Waals surface area contributed by atoms with E-state index in [0.29, 0.717) is 16.8 Å². The highest BCUT2D eigenvalue weighted by molar-refractivity contribution is 6.08. The highest BCUT2D eigenvalue weighted by atomic mass is 16.4. The van der Waals surface area contributed by atoms with Crippen LogP contribution in [0.2, 0.25) is 0 Å². The quantitative estimate of drug-likeness (QED) is 0.938. The summed E-state index contributed by atoms with van der Waals surface area (Å²) in [6.45, 7) is 2.95. The Morgan fingerprint density at radius 1 is 1.36 bits per heavy atom. The molecule has 1 amide bonds. The lowest BCUT2D eigenvalue weighted by molar-refractivity contribution is -0.138. The molecule has 3 rings (SSSR count). The average Bonchev–Trinajstić information content (AvgIpc) is 3.11. The topological polar surface area (TPSA) is 75.4 Å². The van der Waals surface area contributed by atoms with Crippen LogP contribution in [0.5, 0.6) is 0 Å². The maximum atomic E-state index is 12.7. The van der Waals surface area contributed by atoms with Crippen molar-refractivity contribution in [1.82, 2.24) is 9.78 Å². The zero-order valence-electron chi connectivity index (χ0n) is 12.3. The lowest BCUT2D eigenvalue weighted by Crippen LogP contribution is -2.31. The van der Waals surface area contributed by atoms with Gasteiger partial charge < -0.3 is 10.0 Å². The van der Waals surface area contributed by atoms with Crippen LogP contribution in [0.4, 0.5) is 5.69 Å². The van der Waals surface area contributed by atoms with Crippen molar-refractivity contribution in [2.45, 2.75) is 25.8 Å². The molecule has 0 bridgehead atoms.